The Balaban J connectivity index is 1.64. The lowest BCUT2D eigenvalue weighted by Crippen LogP contribution is -2.40. The number of hydrogen-bond donors (Lipinski definition) is 0. The maximum absolute atomic E-state index is 12.6. The smallest absolute Gasteiger partial charge is 0.340 e. The first-order valence-corrected chi connectivity index (χ1v) is 10.1. The lowest BCUT2D eigenvalue weighted by Gasteiger charge is -2.30. The molecule has 1 aliphatic rings. The molecule has 1 amide bonds. The van der Waals surface area contributed by atoms with Crippen LogP contribution in [-0.4, -0.2) is 36.5 Å². The van der Waals surface area contributed by atoms with Crippen molar-refractivity contribution in [1.29, 1.82) is 0 Å². The summed E-state index contributed by atoms with van der Waals surface area (Å²) < 4.78 is 5.33. The molecule has 0 unspecified atom stereocenters. The molecule has 0 atom stereocenters. The molecule has 0 saturated carbocycles. The first kappa shape index (κ1) is 17.9. The zero-order chi connectivity index (χ0) is 17.6. The zero-order valence-corrected chi connectivity index (χ0v) is 15.8. The summed E-state index contributed by atoms with van der Waals surface area (Å²) in [6, 6.07) is 7.68. The van der Waals surface area contributed by atoms with E-state index in [9.17, 15) is 9.59 Å². The monoisotopic (exact) mass is 375 g/mol. The van der Waals surface area contributed by atoms with Crippen LogP contribution in [0.5, 0.6) is 0 Å². The van der Waals surface area contributed by atoms with Crippen molar-refractivity contribution in [3.63, 3.8) is 0 Å². The number of esters is 1. The van der Waals surface area contributed by atoms with Crippen molar-refractivity contribution < 1.29 is 14.3 Å². The van der Waals surface area contributed by atoms with Gasteiger partial charge in [0.1, 0.15) is 0 Å². The predicted molar refractivity (Wildman–Crippen MR) is 102 cm³/mol. The fourth-order valence-corrected chi connectivity index (χ4v) is 4.12. The van der Waals surface area contributed by atoms with E-state index in [0.717, 1.165) is 35.7 Å². The van der Waals surface area contributed by atoms with Gasteiger partial charge < -0.3 is 9.64 Å². The number of hydrogen-bond acceptors (Lipinski definition) is 5. The normalized spacial score (nSPS) is 16.0. The largest absolute Gasteiger partial charge is 0.452 e. The van der Waals surface area contributed by atoms with Crippen molar-refractivity contribution >= 4 is 46.2 Å². The van der Waals surface area contributed by atoms with Crippen molar-refractivity contribution in [3.05, 3.63) is 44.8 Å². The number of amides is 1. The van der Waals surface area contributed by atoms with Crippen LogP contribution >= 0.6 is 22.7 Å². The molecule has 0 radical (unpaired) electrons. The molecule has 0 aliphatic carbocycles. The number of ether oxygens (including phenoxy) is 1. The number of nitrogens with zero attached hydrogens (tertiary/aromatic N) is 1. The minimum Gasteiger partial charge on any atom is -0.452 e. The Hall–Kier alpha value is -1.92. The molecule has 1 fully saturated rings. The van der Waals surface area contributed by atoms with Gasteiger partial charge in [0.25, 0.3) is 5.91 Å². The van der Waals surface area contributed by atoms with Crippen LogP contribution in [0.2, 0.25) is 0 Å². The summed E-state index contributed by atoms with van der Waals surface area (Å²) in [5.74, 6) is 0.0993. The fourth-order valence-electron chi connectivity index (χ4n) is 2.73. The molecule has 0 aromatic carbocycles. The van der Waals surface area contributed by atoms with Crippen molar-refractivity contribution in [2.75, 3.05) is 19.7 Å². The summed E-state index contributed by atoms with van der Waals surface area (Å²) in [5.41, 5.74) is 0.498. The first-order chi connectivity index (χ1) is 12.1. The Morgan fingerprint density at radius 2 is 1.92 bits per heavy atom. The van der Waals surface area contributed by atoms with Gasteiger partial charge in [-0.3, -0.25) is 4.79 Å². The SMILES string of the molecule is CC1CCN(C(=O)COC(=O)/C(=C/c2cccs2)c2cccs2)CC1. The summed E-state index contributed by atoms with van der Waals surface area (Å²) in [4.78, 5) is 28.4. The number of piperidine rings is 1. The van der Waals surface area contributed by atoms with Crippen LogP contribution in [0.25, 0.3) is 11.6 Å². The molecular formula is C19H21NO3S2. The molecule has 1 saturated heterocycles. The van der Waals surface area contributed by atoms with Crippen LogP contribution in [0.4, 0.5) is 0 Å². The van der Waals surface area contributed by atoms with Crippen LogP contribution in [0.1, 0.15) is 29.5 Å². The average Bonchev–Trinajstić information content (AvgIpc) is 3.31. The van der Waals surface area contributed by atoms with Crippen molar-refractivity contribution in [3.8, 4) is 0 Å². The van der Waals surface area contributed by atoms with Gasteiger partial charge in [0.05, 0.1) is 5.57 Å². The van der Waals surface area contributed by atoms with Crippen LogP contribution in [0, 0.1) is 5.92 Å². The van der Waals surface area contributed by atoms with Gasteiger partial charge in [-0.2, -0.15) is 0 Å². The zero-order valence-electron chi connectivity index (χ0n) is 14.1. The Labute approximate surface area is 155 Å². The van der Waals surface area contributed by atoms with E-state index in [2.05, 4.69) is 6.92 Å². The van der Waals surface area contributed by atoms with E-state index in [1.165, 1.54) is 11.3 Å². The van der Waals surface area contributed by atoms with Gasteiger partial charge in [-0.1, -0.05) is 19.1 Å². The topological polar surface area (TPSA) is 46.6 Å². The fraction of sp³-hybridized carbons (Fsp3) is 0.368. The Kier molecular flexibility index (Phi) is 6.04. The average molecular weight is 376 g/mol. The predicted octanol–water partition coefficient (Wildman–Crippen LogP) is 4.15. The molecule has 6 heteroatoms. The lowest BCUT2D eigenvalue weighted by molar-refractivity contribution is -0.148. The summed E-state index contributed by atoms with van der Waals surface area (Å²) in [7, 11) is 0. The maximum atomic E-state index is 12.6. The van der Waals surface area contributed by atoms with Crippen LogP contribution < -0.4 is 0 Å². The number of likely N-dealkylation sites (tertiary alicyclic amines) is 1. The van der Waals surface area contributed by atoms with Gasteiger partial charge in [0.2, 0.25) is 0 Å². The van der Waals surface area contributed by atoms with Gasteiger partial charge in [-0.25, -0.2) is 4.79 Å². The molecule has 3 rings (SSSR count). The van der Waals surface area contributed by atoms with Gasteiger partial charge in [0, 0.05) is 22.8 Å². The third-order valence-electron chi connectivity index (χ3n) is 4.30. The van der Waals surface area contributed by atoms with Crippen molar-refractivity contribution in [2.24, 2.45) is 5.92 Å². The quantitative estimate of drug-likeness (QED) is 0.582. The molecule has 4 nitrogen and oxygen atoms in total. The highest BCUT2D eigenvalue weighted by Crippen LogP contribution is 2.26. The molecular weight excluding hydrogens is 354 g/mol. The second-order valence-corrected chi connectivity index (χ2v) is 8.12. The van der Waals surface area contributed by atoms with Gasteiger partial charge in [0.15, 0.2) is 6.61 Å². The highest BCUT2D eigenvalue weighted by molar-refractivity contribution is 7.12. The summed E-state index contributed by atoms with van der Waals surface area (Å²) in [6.07, 6.45) is 3.85. The Morgan fingerprint density at radius 1 is 1.20 bits per heavy atom. The summed E-state index contributed by atoms with van der Waals surface area (Å²) in [5, 5.41) is 3.88. The Morgan fingerprint density at radius 3 is 2.56 bits per heavy atom. The van der Waals surface area contributed by atoms with E-state index >= 15 is 0 Å². The van der Waals surface area contributed by atoms with Crippen molar-refractivity contribution in [1.82, 2.24) is 4.90 Å². The molecule has 1 aliphatic heterocycles. The minimum atomic E-state index is -0.449. The summed E-state index contributed by atoms with van der Waals surface area (Å²) in [6.45, 7) is 3.51. The lowest BCUT2D eigenvalue weighted by atomic mass is 9.99. The van der Waals surface area contributed by atoms with Gasteiger partial charge in [-0.05, 0) is 47.7 Å². The van der Waals surface area contributed by atoms with E-state index in [1.54, 1.807) is 16.2 Å². The second kappa shape index (κ2) is 8.45. The van der Waals surface area contributed by atoms with E-state index < -0.39 is 5.97 Å². The van der Waals surface area contributed by atoms with E-state index in [1.807, 2.05) is 41.1 Å². The molecule has 2 aromatic heterocycles. The standard InChI is InChI=1S/C19H21NO3S2/c1-14-6-8-20(9-7-14)18(21)13-23-19(22)16(17-5-3-11-25-17)12-15-4-2-10-24-15/h2-5,10-12,14H,6-9,13H2,1H3/b16-12+. The van der Waals surface area contributed by atoms with Crippen LogP contribution in [-0.2, 0) is 14.3 Å². The number of thiophene rings is 2. The highest BCUT2D eigenvalue weighted by atomic mass is 32.1. The number of carbonyl (C=O) groups is 2. The van der Waals surface area contributed by atoms with Crippen LogP contribution in [0.3, 0.4) is 0 Å². The van der Waals surface area contributed by atoms with E-state index in [0.29, 0.717) is 11.5 Å². The second-order valence-electron chi connectivity index (χ2n) is 6.19. The molecule has 0 N–H and O–H groups in total. The minimum absolute atomic E-state index is 0.109. The maximum Gasteiger partial charge on any atom is 0.340 e. The van der Waals surface area contributed by atoms with Gasteiger partial charge >= 0.3 is 5.97 Å². The highest BCUT2D eigenvalue weighted by Gasteiger charge is 2.22. The molecule has 2 aromatic rings. The van der Waals surface area contributed by atoms with Crippen molar-refractivity contribution in [2.45, 2.75) is 19.8 Å². The first-order valence-electron chi connectivity index (χ1n) is 8.37. The summed E-state index contributed by atoms with van der Waals surface area (Å²) >= 11 is 3.04. The molecule has 0 spiro atoms. The van der Waals surface area contributed by atoms with E-state index in [-0.39, 0.29) is 12.5 Å². The van der Waals surface area contributed by atoms with Gasteiger partial charge in [-0.15, -0.1) is 22.7 Å². The third-order valence-corrected chi connectivity index (χ3v) is 6.02. The van der Waals surface area contributed by atoms with E-state index in [4.69, 9.17) is 4.74 Å². The number of carbonyl (C=O) groups excluding carboxylic acids is 2. The third kappa shape index (κ3) is 4.80. The molecule has 3 heterocycles. The molecule has 132 valence electrons. The number of rotatable bonds is 5. The molecule has 0 bridgehead atoms. The Bertz CT molecular complexity index is 727. The molecule has 25 heavy (non-hydrogen) atoms. The van der Waals surface area contributed by atoms with Crippen LogP contribution in [0.15, 0.2) is 35.0 Å².